The Morgan fingerprint density at radius 2 is 1.90 bits per heavy atom. The van der Waals surface area contributed by atoms with Crippen LogP contribution >= 0.6 is 23.4 Å². The van der Waals surface area contributed by atoms with Crippen molar-refractivity contribution in [1.29, 1.82) is 0 Å². The Morgan fingerprint density at radius 1 is 1.13 bits per heavy atom. The lowest BCUT2D eigenvalue weighted by atomic mass is 10.2. The summed E-state index contributed by atoms with van der Waals surface area (Å²) in [5.74, 6) is 0.237. The van der Waals surface area contributed by atoms with E-state index >= 15 is 0 Å². The topological polar surface area (TPSA) is 98.1 Å². The summed E-state index contributed by atoms with van der Waals surface area (Å²) < 4.78 is 6.81. The summed E-state index contributed by atoms with van der Waals surface area (Å²) in [5.41, 5.74) is 1.80. The van der Waals surface area contributed by atoms with E-state index in [2.05, 4.69) is 20.8 Å². The molecule has 0 aliphatic carbocycles. The third-order valence-electron chi connectivity index (χ3n) is 4.19. The molecule has 0 aliphatic rings. The first-order valence-electron chi connectivity index (χ1n) is 9.53. The number of hydrogen-bond acceptors (Lipinski definition) is 7. The number of aromatic nitrogens is 3. The van der Waals surface area contributed by atoms with Crippen LogP contribution in [-0.2, 0) is 23.1 Å². The number of carbonyl (C=O) groups is 2. The van der Waals surface area contributed by atoms with Crippen LogP contribution in [-0.4, -0.2) is 39.0 Å². The summed E-state index contributed by atoms with van der Waals surface area (Å²) in [6.45, 7) is 2.50. The Morgan fingerprint density at radius 3 is 2.68 bits per heavy atom. The zero-order valence-electron chi connectivity index (χ0n) is 17.1. The monoisotopic (exact) mass is 459 g/mol. The van der Waals surface area contributed by atoms with E-state index in [0.717, 1.165) is 11.5 Å². The van der Waals surface area contributed by atoms with Crippen LogP contribution in [0.25, 0.3) is 0 Å². The Hall–Kier alpha value is -3.04. The van der Waals surface area contributed by atoms with Gasteiger partial charge >= 0.3 is 5.97 Å². The zero-order valence-corrected chi connectivity index (χ0v) is 18.7. The molecule has 10 heteroatoms. The highest BCUT2D eigenvalue weighted by Crippen LogP contribution is 2.19. The molecule has 31 heavy (non-hydrogen) atoms. The molecule has 0 radical (unpaired) electrons. The van der Waals surface area contributed by atoms with E-state index in [9.17, 15) is 9.59 Å². The fourth-order valence-corrected chi connectivity index (χ4v) is 3.59. The maximum Gasteiger partial charge on any atom is 0.338 e. The van der Waals surface area contributed by atoms with Gasteiger partial charge in [0.1, 0.15) is 0 Å². The van der Waals surface area contributed by atoms with Gasteiger partial charge in [-0.05, 0) is 43.3 Å². The van der Waals surface area contributed by atoms with Crippen LogP contribution in [0.3, 0.4) is 0 Å². The summed E-state index contributed by atoms with van der Waals surface area (Å²) in [5, 5.41) is 15.6. The normalized spacial score (nSPS) is 10.5. The Bertz CT molecular complexity index is 1070. The van der Waals surface area contributed by atoms with Gasteiger partial charge in [-0.15, -0.1) is 10.2 Å². The Labute approximate surface area is 189 Å². The summed E-state index contributed by atoms with van der Waals surface area (Å²) in [4.78, 5) is 24.1. The highest BCUT2D eigenvalue weighted by Gasteiger charge is 2.13. The van der Waals surface area contributed by atoms with E-state index in [1.54, 1.807) is 31.2 Å². The zero-order chi connectivity index (χ0) is 22.2. The van der Waals surface area contributed by atoms with Gasteiger partial charge in [0.2, 0.25) is 5.91 Å². The molecular formula is C21H22ClN5O3S. The van der Waals surface area contributed by atoms with E-state index in [1.807, 2.05) is 35.9 Å². The second-order valence-electron chi connectivity index (χ2n) is 6.46. The number of nitrogens with zero attached hydrogens (tertiary/aromatic N) is 3. The van der Waals surface area contributed by atoms with E-state index in [0.29, 0.717) is 34.6 Å². The molecule has 162 valence electrons. The SMILES string of the molecule is CCOC(=O)c1cccc(NC(=O)CSc2nnc(CNc3cccc(Cl)c3)n2C)c1. The molecule has 0 unspecified atom stereocenters. The van der Waals surface area contributed by atoms with Gasteiger partial charge in [-0.3, -0.25) is 4.79 Å². The number of hydrogen-bond donors (Lipinski definition) is 2. The largest absolute Gasteiger partial charge is 0.462 e. The van der Waals surface area contributed by atoms with Crippen LogP contribution in [0.1, 0.15) is 23.1 Å². The van der Waals surface area contributed by atoms with Crippen LogP contribution in [0.4, 0.5) is 11.4 Å². The molecule has 0 saturated carbocycles. The number of thioether (sulfide) groups is 1. The molecule has 0 bridgehead atoms. The number of anilines is 2. The van der Waals surface area contributed by atoms with Crippen molar-refractivity contribution in [3.8, 4) is 0 Å². The van der Waals surface area contributed by atoms with Crippen molar-refractivity contribution in [3.63, 3.8) is 0 Å². The van der Waals surface area contributed by atoms with Crippen LogP contribution in [0.5, 0.6) is 0 Å². The first-order chi connectivity index (χ1) is 15.0. The van der Waals surface area contributed by atoms with E-state index < -0.39 is 5.97 Å². The number of ether oxygens (including phenoxy) is 1. The maximum atomic E-state index is 12.3. The molecule has 2 N–H and O–H groups in total. The molecule has 0 saturated heterocycles. The minimum Gasteiger partial charge on any atom is -0.462 e. The molecule has 0 spiro atoms. The number of carbonyl (C=O) groups excluding carboxylic acids is 2. The standard InChI is InChI=1S/C21H22ClN5O3S/c1-3-30-20(29)14-6-4-9-17(10-14)24-19(28)13-31-21-26-25-18(27(21)2)12-23-16-8-5-7-15(22)11-16/h4-11,23H,3,12-13H2,1-2H3,(H,24,28). The lowest BCUT2D eigenvalue weighted by Crippen LogP contribution is -2.15. The van der Waals surface area contributed by atoms with Gasteiger partial charge in [-0.1, -0.05) is 35.5 Å². The van der Waals surface area contributed by atoms with Crippen molar-refractivity contribution in [3.05, 3.63) is 64.9 Å². The third kappa shape index (κ3) is 6.47. The molecular weight excluding hydrogens is 438 g/mol. The van der Waals surface area contributed by atoms with Crippen LogP contribution in [0, 0.1) is 0 Å². The van der Waals surface area contributed by atoms with Crippen molar-refractivity contribution < 1.29 is 14.3 Å². The van der Waals surface area contributed by atoms with Gasteiger partial charge in [-0.25, -0.2) is 4.79 Å². The number of esters is 1. The van der Waals surface area contributed by atoms with Crippen molar-refractivity contribution in [1.82, 2.24) is 14.8 Å². The molecule has 0 atom stereocenters. The Balaban J connectivity index is 1.53. The second-order valence-corrected chi connectivity index (χ2v) is 7.84. The van der Waals surface area contributed by atoms with E-state index in [-0.39, 0.29) is 11.7 Å². The highest BCUT2D eigenvalue weighted by atomic mass is 35.5. The summed E-state index contributed by atoms with van der Waals surface area (Å²) in [7, 11) is 1.85. The first-order valence-corrected chi connectivity index (χ1v) is 10.9. The lowest BCUT2D eigenvalue weighted by molar-refractivity contribution is -0.113. The minimum absolute atomic E-state index is 0.150. The van der Waals surface area contributed by atoms with Crippen LogP contribution in [0.2, 0.25) is 5.02 Å². The molecule has 2 aromatic carbocycles. The van der Waals surface area contributed by atoms with Gasteiger partial charge in [0.25, 0.3) is 0 Å². The smallest absolute Gasteiger partial charge is 0.338 e. The molecule has 1 amide bonds. The third-order valence-corrected chi connectivity index (χ3v) is 5.45. The minimum atomic E-state index is -0.425. The molecule has 3 rings (SSSR count). The number of benzene rings is 2. The quantitative estimate of drug-likeness (QED) is 0.368. The van der Waals surface area contributed by atoms with Crippen molar-refractivity contribution in [2.24, 2.45) is 7.05 Å². The fourth-order valence-electron chi connectivity index (χ4n) is 2.67. The molecule has 1 aromatic heterocycles. The van der Waals surface area contributed by atoms with Gasteiger partial charge in [-0.2, -0.15) is 0 Å². The van der Waals surface area contributed by atoms with Crippen LogP contribution in [0.15, 0.2) is 53.7 Å². The molecule has 3 aromatic rings. The fraction of sp³-hybridized carbons (Fsp3) is 0.238. The van der Waals surface area contributed by atoms with Gasteiger partial charge < -0.3 is 19.9 Å². The highest BCUT2D eigenvalue weighted by molar-refractivity contribution is 7.99. The Kier molecular flexibility index (Phi) is 7.91. The van der Waals surface area contributed by atoms with E-state index in [1.165, 1.54) is 11.8 Å². The average Bonchev–Trinajstić information content (AvgIpc) is 3.10. The summed E-state index contributed by atoms with van der Waals surface area (Å²) in [6.07, 6.45) is 0. The number of halogens is 1. The average molecular weight is 460 g/mol. The molecule has 0 aliphatic heterocycles. The molecule has 0 fully saturated rings. The van der Waals surface area contributed by atoms with Gasteiger partial charge in [0.05, 0.1) is 24.5 Å². The summed E-state index contributed by atoms with van der Waals surface area (Å²) >= 11 is 7.27. The van der Waals surface area contributed by atoms with Crippen molar-refractivity contribution in [2.75, 3.05) is 23.0 Å². The number of nitrogens with one attached hydrogen (secondary N) is 2. The van der Waals surface area contributed by atoms with E-state index in [4.69, 9.17) is 16.3 Å². The van der Waals surface area contributed by atoms with Crippen molar-refractivity contribution >= 4 is 46.6 Å². The molecule has 1 heterocycles. The second kappa shape index (κ2) is 10.8. The van der Waals surface area contributed by atoms with Crippen molar-refractivity contribution in [2.45, 2.75) is 18.6 Å². The summed E-state index contributed by atoms with van der Waals surface area (Å²) in [6, 6.07) is 14.0. The van der Waals surface area contributed by atoms with Gasteiger partial charge in [0.15, 0.2) is 11.0 Å². The number of rotatable bonds is 9. The predicted molar refractivity (Wildman–Crippen MR) is 122 cm³/mol. The molecule has 8 nitrogen and oxygen atoms in total. The maximum absolute atomic E-state index is 12.3. The first kappa shape index (κ1) is 22.6. The predicted octanol–water partition coefficient (Wildman–Crippen LogP) is 3.99. The van der Waals surface area contributed by atoms with Gasteiger partial charge in [0, 0.05) is 23.4 Å². The van der Waals surface area contributed by atoms with Crippen LogP contribution < -0.4 is 10.6 Å². The lowest BCUT2D eigenvalue weighted by Gasteiger charge is -2.08. The number of amides is 1.